The fraction of sp³-hybridized carbons (Fsp3) is 0.636. The molecule has 1 aromatic rings. The number of halogens is 1. The molecule has 1 aliphatic heterocycles. The van der Waals surface area contributed by atoms with Gasteiger partial charge in [0, 0.05) is 6.04 Å². The zero-order valence-corrected chi connectivity index (χ0v) is 13.2. The molecule has 1 fully saturated rings. The van der Waals surface area contributed by atoms with Crippen molar-refractivity contribution in [2.45, 2.75) is 30.8 Å². The van der Waals surface area contributed by atoms with E-state index in [0.29, 0.717) is 12.8 Å². The summed E-state index contributed by atoms with van der Waals surface area (Å²) in [5.41, 5.74) is -0.0757. The smallest absolute Gasteiger partial charge is 0.342 e. The van der Waals surface area contributed by atoms with Crippen LogP contribution in [0.2, 0.25) is 0 Å². The van der Waals surface area contributed by atoms with Crippen LogP contribution in [0.25, 0.3) is 0 Å². The van der Waals surface area contributed by atoms with Crippen LogP contribution < -0.4 is 10.0 Å². The lowest BCUT2D eigenvalue weighted by Gasteiger charge is -2.23. The van der Waals surface area contributed by atoms with Crippen LogP contribution in [-0.2, 0) is 14.8 Å². The molecule has 0 unspecified atom stereocenters. The lowest BCUT2D eigenvalue weighted by Crippen LogP contribution is -2.43. The van der Waals surface area contributed by atoms with Gasteiger partial charge in [0.05, 0.1) is 12.8 Å². The average Bonchev–Trinajstić information content (AvgIpc) is 2.90. The fourth-order valence-electron chi connectivity index (χ4n) is 2.05. The Labute approximate surface area is 129 Å². The Morgan fingerprint density at radius 3 is 2.76 bits per heavy atom. The van der Waals surface area contributed by atoms with Crippen LogP contribution in [0.3, 0.4) is 0 Å². The van der Waals surface area contributed by atoms with E-state index in [-0.39, 0.29) is 35.6 Å². The minimum Gasteiger partial charge on any atom is -0.462 e. The van der Waals surface area contributed by atoms with Gasteiger partial charge in [-0.15, -0.1) is 12.4 Å². The fourth-order valence-corrected chi connectivity index (χ4v) is 3.44. The van der Waals surface area contributed by atoms with Crippen molar-refractivity contribution in [2.75, 3.05) is 19.7 Å². The normalized spacial score (nSPS) is 16.2. The van der Waals surface area contributed by atoms with Gasteiger partial charge in [-0.3, -0.25) is 5.10 Å². The summed E-state index contributed by atoms with van der Waals surface area (Å²) in [5.74, 6) is -0.702. The quantitative estimate of drug-likeness (QED) is 0.653. The number of nitrogens with one attached hydrogen (secondary N) is 3. The molecule has 0 aromatic carbocycles. The molecule has 0 spiro atoms. The molecule has 0 atom stereocenters. The first-order valence-electron chi connectivity index (χ1n) is 6.48. The van der Waals surface area contributed by atoms with Crippen molar-refractivity contribution in [2.24, 2.45) is 0 Å². The zero-order valence-electron chi connectivity index (χ0n) is 11.6. The second-order valence-electron chi connectivity index (χ2n) is 4.48. The molecular weight excluding hydrogens is 320 g/mol. The first-order chi connectivity index (χ1) is 9.54. The van der Waals surface area contributed by atoms with Crippen molar-refractivity contribution in [3.8, 4) is 0 Å². The summed E-state index contributed by atoms with van der Waals surface area (Å²) in [6.07, 6.45) is 2.58. The highest BCUT2D eigenvalue weighted by Gasteiger charge is 2.28. The summed E-state index contributed by atoms with van der Waals surface area (Å²) in [7, 11) is -3.81. The predicted octanol–water partition coefficient (Wildman–Crippen LogP) is 0.0385. The molecule has 21 heavy (non-hydrogen) atoms. The predicted molar refractivity (Wildman–Crippen MR) is 78.0 cm³/mol. The van der Waals surface area contributed by atoms with Crippen LogP contribution in [0.4, 0.5) is 0 Å². The Balaban J connectivity index is 0.00000220. The molecule has 1 saturated heterocycles. The summed E-state index contributed by atoms with van der Waals surface area (Å²) < 4.78 is 32.0. The monoisotopic (exact) mass is 338 g/mol. The van der Waals surface area contributed by atoms with E-state index < -0.39 is 16.0 Å². The number of aromatic nitrogens is 2. The van der Waals surface area contributed by atoms with E-state index in [4.69, 9.17) is 4.74 Å². The average molecular weight is 339 g/mol. The Kier molecular flexibility index (Phi) is 6.59. The van der Waals surface area contributed by atoms with Gasteiger partial charge >= 0.3 is 5.97 Å². The maximum atomic E-state index is 12.3. The van der Waals surface area contributed by atoms with Crippen LogP contribution >= 0.6 is 12.4 Å². The second-order valence-corrected chi connectivity index (χ2v) is 6.13. The molecule has 0 aliphatic carbocycles. The van der Waals surface area contributed by atoms with Gasteiger partial charge in [0.25, 0.3) is 10.0 Å². The third-order valence-corrected chi connectivity index (χ3v) is 4.52. The molecule has 2 heterocycles. The number of rotatable bonds is 5. The van der Waals surface area contributed by atoms with Gasteiger partial charge in [0.15, 0.2) is 5.03 Å². The Morgan fingerprint density at radius 1 is 1.48 bits per heavy atom. The molecule has 1 aromatic heterocycles. The number of aromatic amines is 1. The van der Waals surface area contributed by atoms with Gasteiger partial charge in [-0.05, 0) is 32.9 Å². The molecule has 0 radical (unpaired) electrons. The van der Waals surface area contributed by atoms with Crippen LogP contribution in [0.1, 0.15) is 30.1 Å². The highest BCUT2D eigenvalue weighted by molar-refractivity contribution is 7.89. The standard InChI is InChI=1S/C11H18N4O4S.ClH/c1-2-19-11(16)9-7-13-14-10(9)20(17,18)15-8-3-5-12-6-4-8;/h7-8,12,15H,2-6H2,1H3,(H,13,14);1H. The van der Waals surface area contributed by atoms with Gasteiger partial charge in [-0.25, -0.2) is 17.9 Å². The van der Waals surface area contributed by atoms with Gasteiger partial charge < -0.3 is 10.1 Å². The van der Waals surface area contributed by atoms with Gasteiger partial charge in [0.1, 0.15) is 5.56 Å². The third-order valence-electron chi connectivity index (χ3n) is 3.03. The van der Waals surface area contributed by atoms with Crippen LogP contribution in [-0.4, -0.2) is 50.3 Å². The number of carbonyl (C=O) groups excluding carboxylic acids is 1. The largest absolute Gasteiger partial charge is 0.462 e. The molecular formula is C11H19ClN4O4S. The summed E-state index contributed by atoms with van der Waals surface area (Å²) >= 11 is 0. The molecule has 10 heteroatoms. The van der Waals surface area contributed by atoms with Crippen molar-refractivity contribution in [1.82, 2.24) is 20.2 Å². The number of hydrogen-bond acceptors (Lipinski definition) is 6. The van der Waals surface area contributed by atoms with Crippen LogP contribution in [0, 0.1) is 0 Å². The first-order valence-corrected chi connectivity index (χ1v) is 7.96. The van der Waals surface area contributed by atoms with E-state index in [1.54, 1.807) is 6.92 Å². The number of carbonyl (C=O) groups is 1. The van der Waals surface area contributed by atoms with Gasteiger partial charge in [-0.2, -0.15) is 5.10 Å². The molecule has 0 bridgehead atoms. The minimum absolute atomic E-state index is 0. The Morgan fingerprint density at radius 2 is 2.14 bits per heavy atom. The molecule has 8 nitrogen and oxygen atoms in total. The van der Waals surface area contributed by atoms with Crippen molar-refractivity contribution in [3.63, 3.8) is 0 Å². The SMILES string of the molecule is CCOC(=O)c1cn[nH]c1S(=O)(=O)NC1CCNCC1.Cl. The van der Waals surface area contributed by atoms with Gasteiger partial charge in [0.2, 0.25) is 0 Å². The summed E-state index contributed by atoms with van der Waals surface area (Å²) in [4.78, 5) is 11.7. The maximum absolute atomic E-state index is 12.3. The van der Waals surface area contributed by atoms with E-state index >= 15 is 0 Å². The van der Waals surface area contributed by atoms with Crippen LogP contribution in [0.15, 0.2) is 11.2 Å². The van der Waals surface area contributed by atoms with Crippen molar-refractivity contribution >= 4 is 28.4 Å². The summed E-state index contributed by atoms with van der Waals surface area (Å²) in [6.45, 7) is 3.35. The van der Waals surface area contributed by atoms with E-state index in [1.807, 2.05) is 0 Å². The highest BCUT2D eigenvalue weighted by Crippen LogP contribution is 2.15. The number of esters is 1. The number of H-pyrrole nitrogens is 1. The third kappa shape index (κ3) is 4.40. The number of sulfonamides is 1. The van der Waals surface area contributed by atoms with Gasteiger partial charge in [-0.1, -0.05) is 0 Å². The topological polar surface area (TPSA) is 113 Å². The number of nitrogens with zero attached hydrogens (tertiary/aromatic N) is 1. The molecule has 120 valence electrons. The highest BCUT2D eigenvalue weighted by atomic mass is 35.5. The summed E-state index contributed by atoms with van der Waals surface area (Å²) in [6, 6.07) is -0.139. The molecule has 0 saturated carbocycles. The van der Waals surface area contributed by atoms with E-state index in [9.17, 15) is 13.2 Å². The Hall–Kier alpha value is -1.16. The van der Waals surface area contributed by atoms with Crippen molar-refractivity contribution < 1.29 is 17.9 Å². The Bertz CT molecular complexity index is 569. The van der Waals surface area contributed by atoms with E-state index in [1.165, 1.54) is 0 Å². The lowest BCUT2D eigenvalue weighted by atomic mass is 10.1. The van der Waals surface area contributed by atoms with Crippen molar-refractivity contribution in [3.05, 3.63) is 11.8 Å². The zero-order chi connectivity index (χ0) is 14.6. The van der Waals surface area contributed by atoms with E-state index in [0.717, 1.165) is 19.3 Å². The molecule has 0 amide bonds. The molecule has 3 N–H and O–H groups in total. The lowest BCUT2D eigenvalue weighted by molar-refractivity contribution is 0.0522. The first kappa shape index (κ1) is 17.9. The molecule has 2 rings (SSSR count). The number of ether oxygens (including phenoxy) is 1. The number of piperidine rings is 1. The van der Waals surface area contributed by atoms with Crippen LogP contribution in [0.5, 0.6) is 0 Å². The summed E-state index contributed by atoms with van der Waals surface area (Å²) in [5, 5.41) is 8.90. The number of hydrogen-bond donors (Lipinski definition) is 3. The van der Waals surface area contributed by atoms with E-state index in [2.05, 4.69) is 20.2 Å². The second kappa shape index (κ2) is 7.74. The molecule has 1 aliphatic rings. The van der Waals surface area contributed by atoms with Crippen molar-refractivity contribution in [1.29, 1.82) is 0 Å². The minimum atomic E-state index is -3.81. The maximum Gasteiger partial charge on any atom is 0.342 e.